The quantitative estimate of drug-likeness (QED) is 0.537. The number of carbonyl (C=O) groups excluding carboxylic acids is 2. The van der Waals surface area contributed by atoms with Crippen LogP contribution in [0.25, 0.3) is 0 Å². The van der Waals surface area contributed by atoms with Crippen molar-refractivity contribution in [3.05, 3.63) is 64.7 Å². The third-order valence-corrected chi connectivity index (χ3v) is 5.42. The Morgan fingerprint density at radius 3 is 2.43 bits per heavy atom. The maximum atomic E-state index is 13.2. The van der Waals surface area contributed by atoms with E-state index in [4.69, 9.17) is 11.6 Å². The molecule has 0 spiro atoms. The summed E-state index contributed by atoms with van der Waals surface area (Å²) in [6.45, 7) is 1.97. The Morgan fingerprint density at radius 1 is 1.07 bits per heavy atom. The van der Waals surface area contributed by atoms with Crippen molar-refractivity contribution in [1.29, 1.82) is 0 Å². The molecule has 2 aromatic carbocycles. The molecule has 0 radical (unpaired) electrons. The van der Waals surface area contributed by atoms with Crippen LogP contribution in [0.15, 0.2) is 47.6 Å². The van der Waals surface area contributed by atoms with Gasteiger partial charge in [0.2, 0.25) is 11.8 Å². The molecule has 1 heterocycles. The van der Waals surface area contributed by atoms with Gasteiger partial charge in [0, 0.05) is 18.4 Å². The Kier molecular flexibility index (Phi) is 7.07. The number of amides is 2. The van der Waals surface area contributed by atoms with Gasteiger partial charge in [-0.2, -0.15) is 0 Å². The molecule has 0 atom stereocenters. The number of thioether (sulfide) groups is 1. The lowest BCUT2D eigenvalue weighted by molar-refractivity contribution is -0.116. The van der Waals surface area contributed by atoms with Crippen molar-refractivity contribution in [1.82, 2.24) is 14.8 Å². The van der Waals surface area contributed by atoms with Gasteiger partial charge in [0.25, 0.3) is 0 Å². The van der Waals surface area contributed by atoms with Gasteiger partial charge in [-0.3, -0.25) is 9.59 Å². The molecule has 10 heteroatoms. The highest BCUT2D eigenvalue weighted by Gasteiger charge is 2.15. The van der Waals surface area contributed by atoms with Crippen molar-refractivity contribution in [2.45, 2.75) is 18.5 Å². The van der Waals surface area contributed by atoms with Gasteiger partial charge in [-0.05, 0) is 37.3 Å². The molecule has 0 aliphatic carbocycles. The summed E-state index contributed by atoms with van der Waals surface area (Å²) in [5, 5.41) is 14.0. The monoisotopic (exact) mass is 447 g/mol. The third-order valence-electron chi connectivity index (χ3n) is 4.11. The molecule has 3 rings (SSSR count). The van der Waals surface area contributed by atoms with E-state index >= 15 is 0 Å². The number of nitrogens with one attached hydrogen (secondary N) is 2. The highest BCUT2D eigenvalue weighted by molar-refractivity contribution is 7.99. The number of carbonyl (C=O) groups is 2. The largest absolute Gasteiger partial charge is 0.326 e. The molecule has 7 nitrogen and oxygen atoms in total. The van der Waals surface area contributed by atoms with Gasteiger partial charge in [0.15, 0.2) is 5.16 Å². The minimum absolute atomic E-state index is 0.0538. The van der Waals surface area contributed by atoms with E-state index in [1.54, 1.807) is 11.6 Å². The van der Waals surface area contributed by atoms with Crippen LogP contribution < -0.4 is 10.6 Å². The Morgan fingerprint density at radius 2 is 1.73 bits per heavy atom. The van der Waals surface area contributed by atoms with Gasteiger partial charge in [-0.25, -0.2) is 4.39 Å². The number of rotatable bonds is 7. The van der Waals surface area contributed by atoms with Crippen LogP contribution in [0.3, 0.4) is 0 Å². The molecule has 0 saturated carbocycles. The van der Waals surface area contributed by atoms with Crippen LogP contribution in [-0.4, -0.2) is 32.3 Å². The zero-order chi connectivity index (χ0) is 21.7. The van der Waals surface area contributed by atoms with Crippen molar-refractivity contribution >= 4 is 46.6 Å². The number of aryl methyl sites for hydroxylation is 1. The van der Waals surface area contributed by atoms with E-state index in [2.05, 4.69) is 20.8 Å². The molecule has 0 fully saturated rings. The third kappa shape index (κ3) is 5.80. The van der Waals surface area contributed by atoms with Gasteiger partial charge >= 0.3 is 0 Å². The second-order valence-electron chi connectivity index (χ2n) is 6.51. The molecular formula is C20H19ClFN5O2S. The van der Waals surface area contributed by atoms with Gasteiger partial charge in [0.1, 0.15) is 11.6 Å². The first kappa shape index (κ1) is 21.8. The fourth-order valence-corrected chi connectivity index (χ4v) is 3.42. The number of benzene rings is 2. The second kappa shape index (κ2) is 9.73. The van der Waals surface area contributed by atoms with Crippen LogP contribution in [0.5, 0.6) is 0 Å². The van der Waals surface area contributed by atoms with Gasteiger partial charge < -0.3 is 15.2 Å². The normalized spacial score (nSPS) is 10.7. The molecule has 2 N–H and O–H groups in total. The molecule has 0 unspecified atom stereocenters. The summed E-state index contributed by atoms with van der Waals surface area (Å²) >= 11 is 6.88. The fourth-order valence-electron chi connectivity index (χ4n) is 2.51. The summed E-state index contributed by atoms with van der Waals surface area (Å²) in [6.07, 6.45) is 0.0538. The zero-order valence-corrected chi connectivity index (χ0v) is 17.9. The standard InChI is InChI=1S/C20H19ClFN5O2S/c1-12-3-5-13(6-4-12)23-18(28)10-17-25-26-20(27(17)2)30-11-19(29)24-14-7-8-16(22)15(21)9-14/h3-9H,10-11H2,1-2H3,(H,23,28)(H,24,29). The molecular weight excluding hydrogens is 429 g/mol. The van der Waals surface area contributed by atoms with E-state index in [1.165, 1.54) is 30.0 Å². The van der Waals surface area contributed by atoms with Crippen LogP contribution in [0.4, 0.5) is 15.8 Å². The topological polar surface area (TPSA) is 88.9 Å². The lowest BCUT2D eigenvalue weighted by Gasteiger charge is -2.07. The summed E-state index contributed by atoms with van der Waals surface area (Å²) in [5.41, 5.74) is 2.22. The van der Waals surface area contributed by atoms with Crippen LogP contribution in [0.2, 0.25) is 5.02 Å². The summed E-state index contributed by atoms with van der Waals surface area (Å²) in [6, 6.07) is 11.4. The van der Waals surface area contributed by atoms with E-state index in [0.29, 0.717) is 22.4 Å². The number of nitrogens with zero attached hydrogens (tertiary/aromatic N) is 3. The molecule has 0 aliphatic rings. The van der Waals surface area contributed by atoms with Crippen LogP contribution in [0.1, 0.15) is 11.4 Å². The Bertz CT molecular complexity index is 1070. The SMILES string of the molecule is Cc1ccc(NC(=O)Cc2nnc(SCC(=O)Nc3ccc(F)c(Cl)c3)n2C)cc1. The summed E-state index contributed by atoms with van der Waals surface area (Å²) < 4.78 is 14.9. The number of hydrogen-bond donors (Lipinski definition) is 2. The minimum Gasteiger partial charge on any atom is -0.326 e. The van der Waals surface area contributed by atoms with Crippen molar-refractivity contribution < 1.29 is 14.0 Å². The highest BCUT2D eigenvalue weighted by Crippen LogP contribution is 2.21. The summed E-state index contributed by atoms with van der Waals surface area (Å²) in [5.74, 6) is -0.521. The number of halogens is 2. The van der Waals surface area contributed by atoms with E-state index < -0.39 is 5.82 Å². The molecule has 0 saturated heterocycles. The molecule has 1 aromatic heterocycles. The maximum Gasteiger partial charge on any atom is 0.234 e. The van der Waals surface area contributed by atoms with E-state index in [0.717, 1.165) is 5.56 Å². The second-order valence-corrected chi connectivity index (χ2v) is 7.86. The van der Waals surface area contributed by atoms with Gasteiger partial charge in [0.05, 0.1) is 17.2 Å². The average Bonchev–Trinajstić information content (AvgIpc) is 3.04. The molecule has 3 aromatic rings. The molecule has 0 bridgehead atoms. The van der Waals surface area contributed by atoms with Crippen molar-refractivity contribution in [2.75, 3.05) is 16.4 Å². The lowest BCUT2D eigenvalue weighted by Crippen LogP contribution is -2.17. The maximum absolute atomic E-state index is 13.2. The summed E-state index contributed by atoms with van der Waals surface area (Å²) in [4.78, 5) is 24.4. The van der Waals surface area contributed by atoms with Crippen molar-refractivity contribution in [2.24, 2.45) is 7.05 Å². The van der Waals surface area contributed by atoms with E-state index in [-0.39, 0.29) is 29.0 Å². The van der Waals surface area contributed by atoms with Crippen LogP contribution in [-0.2, 0) is 23.1 Å². The van der Waals surface area contributed by atoms with Crippen molar-refractivity contribution in [3.8, 4) is 0 Å². The predicted octanol–water partition coefficient (Wildman–Crippen LogP) is 3.83. The van der Waals surface area contributed by atoms with E-state index in [9.17, 15) is 14.0 Å². The molecule has 156 valence electrons. The van der Waals surface area contributed by atoms with Crippen LogP contribution >= 0.6 is 23.4 Å². The lowest BCUT2D eigenvalue weighted by atomic mass is 10.2. The molecule has 30 heavy (non-hydrogen) atoms. The number of aromatic nitrogens is 3. The molecule has 0 aliphatic heterocycles. The first-order chi connectivity index (χ1) is 14.3. The first-order valence-corrected chi connectivity index (χ1v) is 10.3. The number of anilines is 2. The average molecular weight is 448 g/mol. The summed E-state index contributed by atoms with van der Waals surface area (Å²) in [7, 11) is 1.73. The van der Waals surface area contributed by atoms with Gasteiger partial charge in [-0.15, -0.1) is 10.2 Å². The Labute approximate surface area is 182 Å². The smallest absolute Gasteiger partial charge is 0.234 e. The van der Waals surface area contributed by atoms with E-state index in [1.807, 2.05) is 31.2 Å². The Balaban J connectivity index is 1.53. The number of hydrogen-bond acceptors (Lipinski definition) is 5. The first-order valence-electron chi connectivity index (χ1n) is 8.94. The highest BCUT2D eigenvalue weighted by atomic mass is 35.5. The zero-order valence-electron chi connectivity index (χ0n) is 16.3. The molecule has 2 amide bonds. The van der Waals surface area contributed by atoms with Crippen LogP contribution in [0, 0.1) is 12.7 Å². The fraction of sp³-hybridized carbons (Fsp3) is 0.200. The predicted molar refractivity (Wildman–Crippen MR) is 115 cm³/mol. The Hall–Kier alpha value is -2.91. The minimum atomic E-state index is -0.554. The van der Waals surface area contributed by atoms with Gasteiger partial charge in [-0.1, -0.05) is 41.1 Å². The van der Waals surface area contributed by atoms with Crippen molar-refractivity contribution in [3.63, 3.8) is 0 Å².